The highest BCUT2D eigenvalue weighted by Crippen LogP contribution is 2.25. The Hall–Kier alpha value is -3.46. The fraction of sp³-hybridized carbons (Fsp3) is 0.333. The van der Waals surface area contributed by atoms with Gasteiger partial charge in [-0.2, -0.15) is 0 Å². The van der Waals surface area contributed by atoms with Crippen LogP contribution in [0.15, 0.2) is 42.9 Å². The minimum Gasteiger partial charge on any atom is -0.464 e. The molecule has 0 unspecified atom stereocenters. The highest BCUT2D eigenvalue weighted by molar-refractivity contribution is 5.89. The average molecular weight is 409 g/mol. The van der Waals surface area contributed by atoms with Crippen LogP contribution in [0.4, 0.5) is 4.79 Å². The molecule has 4 rings (SSSR count). The Labute approximate surface area is 173 Å². The van der Waals surface area contributed by atoms with Crippen LogP contribution in [0, 0.1) is 0 Å². The van der Waals surface area contributed by atoms with Gasteiger partial charge in [-0.3, -0.25) is 9.36 Å². The molecule has 156 valence electrons. The van der Waals surface area contributed by atoms with E-state index in [1.807, 2.05) is 4.90 Å². The van der Waals surface area contributed by atoms with Crippen LogP contribution in [0.2, 0.25) is 0 Å². The van der Waals surface area contributed by atoms with Crippen molar-refractivity contribution < 1.29 is 19.4 Å². The van der Waals surface area contributed by atoms with Crippen LogP contribution in [0.5, 0.6) is 11.6 Å². The molecule has 1 fully saturated rings. The number of benzene rings is 1. The summed E-state index contributed by atoms with van der Waals surface area (Å²) in [6.45, 7) is 2.78. The van der Waals surface area contributed by atoms with Gasteiger partial charge in [-0.25, -0.2) is 14.8 Å². The second-order valence-electron chi connectivity index (χ2n) is 7.15. The summed E-state index contributed by atoms with van der Waals surface area (Å²) in [5, 5.41) is 13.2. The number of rotatable bonds is 7. The number of nitrogens with one attached hydrogen (secondary N) is 1. The van der Waals surface area contributed by atoms with Crippen LogP contribution in [0.25, 0.3) is 10.9 Å². The molecule has 2 aromatic heterocycles. The van der Waals surface area contributed by atoms with Gasteiger partial charge in [-0.15, -0.1) is 0 Å². The number of hydrogen-bond acceptors (Lipinski definition) is 6. The van der Waals surface area contributed by atoms with E-state index in [1.165, 1.54) is 12.5 Å². The number of likely N-dealkylation sites (tertiary alicyclic amines) is 1. The predicted molar refractivity (Wildman–Crippen MR) is 110 cm³/mol. The highest BCUT2D eigenvalue weighted by Gasteiger charge is 2.17. The van der Waals surface area contributed by atoms with Crippen molar-refractivity contribution in [1.29, 1.82) is 0 Å². The molecule has 1 amide bonds. The van der Waals surface area contributed by atoms with Crippen LogP contribution in [-0.4, -0.2) is 56.2 Å². The molecule has 0 aliphatic carbocycles. The zero-order valence-corrected chi connectivity index (χ0v) is 16.5. The van der Waals surface area contributed by atoms with Crippen molar-refractivity contribution in [1.82, 2.24) is 24.8 Å². The molecular weight excluding hydrogens is 386 g/mol. The molecule has 1 aromatic carbocycles. The van der Waals surface area contributed by atoms with Gasteiger partial charge in [0.2, 0.25) is 11.8 Å². The number of aromatic nitrogens is 3. The summed E-state index contributed by atoms with van der Waals surface area (Å²) >= 11 is 0. The molecular formula is C21H23N5O4. The molecule has 0 bridgehead atoms. The number of carboxylic acid groups (broad SMARTS) is 1. The lowest BCUT2D eigenvalue weighted by molar-refractivity contribution is -0.133. The zero-order valence-electron chi connectivity index (χ0n) is 16.5. The van der Waals surface area contributed by atoms with Crippen molar-refractivity contribution >= 4 is 22.9 Å². The van der Waals surface area contributed by atoms with E-state index in [0.29, 0.717) is 43.2 Å². The van der Waals surface area contributed by atoms with Gasteiger partial charge in [0, 0.05) is 50.2 Å². The van der Waals surface area contributed by atoms with Crippen LogP contribution < -0.4 is 10.1 Å². The summed E-state index contributed by atoms with van der Waals surface area (Å²) in [6.07, 6.45) is 4.63. The van der Waals surface area contributed by atoms with Crippen LogP contribution in [-0.2, 0) is 11.3 Å². The van der Waals surface area contributed by atoms with E-state index in [4.69, 9.17) is 4.74 Å². The molecule has 9 nitrogen and oxygen atoms in total. The number of fused-ring (bicyclic) bond motifs is 1. The maximum Gasteiger partial charge on any atom is 0.415 e. The summed E-state index contributed by atoms with van der Waals surface area (Å²) in [4.78, 5) is 33.3. The maximum absolute atomic E-state index is 11.8. The fourth-order valence-electron chi connectivity index (χ4n) is 3.53. The summed E-state index contributed by atoms with van der Waals surface area (Å²) in [7, 11) is 0. The lowest BCUT2D eigenvalue weighted by Gasteiger charge is -2.26. The Balaban J connectivity index is 1.33. The van der Waals surface area contributed by atoms with Crippen molar-refractivity contribution in [3.05, 3.63) is 48.5 Å². The number of nitrogens with zero attached hydrogens (tertiary/aromatic N) is 4. The molecule has 30 heavy (non-hydrogen) atoms. The largest absolute Gasteiger partial charge is 0.464 e. The third-order valence-electron chi connectivity index (χ3n) is 5.07. The van der Waals surface area contributed by atoms with Gasteiger partial charge >= 0.3 is 6.09 Å². The Morgan fingerprint density at radius 2 is 2.10 bits per heavy atom. The van der Waals surface area contributed by atoms with Crippen LogP contribution in [0.3, 0.4) is 0 Å². The zero-order chi connectivity index (χ0) is 20.9. The summed E-state index contributed by atoms with van der Waals surface area (Å²) < 4.78 is 6.98. The Morgan fingerprint density at radius 1 is 1.20 bits per heavy atom. The SMILES string of the molecule is O=C1CCCCN1CCNCc1cc(Oc2ccc3c(ccn3C(=O)O)c2)ncn1. The highest BCUT2D eigenvalue weighted by atomic mass is 16.5. The quantitative estimate of drug-likeness (QED) is 0.578. The van der Waals surface area contributed by atoms with Crippen molar-refractivity contribution in [2.45, 2.75) is 25.8 Å². The van der Waals surface area contributed by atoms with Crippen LogP contribution in [0.1, 0.15) is 25.0 Å². The smallest absolute Gasteiger partial charge is 0.415 e. The van der Waals surface area contributed by atoms with E-state index in [-0.39, 0.29) is 5.91 Å². The normalized spacial score (nSPS) is 14.3. The first kappa shape index (κ1) is 19.8. The van der Waals surface area contributed by atoms with E-state index in [0.717, 1.165) is 35.0 Å². The second kappa shape index (κ2) is 8.91. The lowest BCUT2D eigenvalue weighted by atomic mass is 10.1. The molecule has 1 aliphatic rings. The Bertz CT molecular complexity index is 1060. The molecule has 3 heterocycles. The van der Waals surface area contributed by atoms with E-state index in [2.05, 4.69) is 15.3 Å². The first-order valence-corrected chi connectivity index (χ1v) is 9.92. The van der Waals surface area contributed by atoms with Crippen molar-refractivity contribution in [2.75, 3.05) is 19.6 Å². The van der Waals surface area contributed by atoms with Gasteiger partial charge in [-0.1, -0.05) is 0 Å². The Morgan fingerprint density at radius 3 is 2.93 bits per heavy atom. The lowest BCUT2D eigenvalue weighted by Crippen LogP contribution is -2.39. The van der Waals surface area contributed by atoms with Crippen molar-refractivity contribution in [3.8, 4) is 11.6 Å². The fourth-order valence-corrected chi connectivity index (χ4v) is 3.53. The van der Waals surface area contributed by atoms with E-state index >= 15 is 0 Å². The molecule has 9 heteroatoms. The van der Waals surface area contributed by atoms with E-state index in [9.17, 15) is 14.7 Å². The van der Waals surface area contributed by atoms with Gasteiger partial charge in [0.25, 0.3) is 0 Å². The van der Waals surface area contributed by atoms with Gasteiger partial charge in [0.05, 0.1) is 11.2 Å². The third-order valence-corrected chi connectivity index (χ3v) is 5.07. The molecule has 0 radical (unpaired) electrons. The topological polar surface area (TPSA) is 110 Å². The second-order valence-corrected chi connectivity index (χ2v) is 7.15. The molecule has 3 aromatic rings. The number of carbonyl (C=O) groups is 2. The predicted octanol–water partition coefficient (Wildman–Crippen LogP) is 2.85. The minimum absolute atomic E-state index is 0.233. The monoisotopic (exact) mass is 409 g/mol. The number of carbonyl (C=O) groups excluding carboxylic acids is 1. The van der Waals surface area contributed by atoms with E-state index in [1.54, 1.807) is 30.3 Å². The molecule has 1 saturated heterocycles. The number of ether oxygens (including phenoxy) is 1. The molecule has 0 atom stereocenters. The molecule has 0 saturated carbocycles. The number of piperidine rings is 1. The summed E-state index contributed by atoms with van der Waals surface area (Å²) in [5.41, 5.74) is 1.37. The average Bonchev–Trinajstić information content (AvgIpc) is 3.16. The molecule has 0 spiro atoms. The van der Waals surface area contributed by atoms with Gasteiger partial charge < -0.3 is 20.1 Å². The summed E-state index contributed by atoms with van der Waals surface area (Å²) in [6, 6.07) is 8.65. The maximum atomic E-state index is 11.8. The van der Waals surface area contributed by atoms with Crippen molar-refractivity contribution in [2.24, 2.45) is 0 Å². The van der Waals surface area contributed by atoms with Gasteiger partial charge in [0.1, 0.15) is 12.1 Å². The standard InChI is InChI=1S/C21H23N5O4/c27-20-3-1-2-8-25(20)10-7-22-13-16-12-19(24-14-23-16)30-17-4-5-18-15(11-17)6-9-26(18)21(28)29/h4-6,9,11-12,14,22H,1-3,7-8,10,13H2,(H,28,29). The number of hydrogen-bond donors (Lipinski definition) is 2. The summed E-state index contributed by atoms with van der Waals surface area (Å²) in [5.74, 6) is 1.20. The number of amides is 1. The molecule has 2 N–H and O–H groups in total. The molecule has 1 aliphatic heterocycles. The van der Waals surface area contributed by atoms with E-state index < -0.39 is 6.09 Å². The Kier molecular flexibility index (Phi) is 5.89. The van der Waals surface area contributed by atoms with Crippen LogP contribution >= 0.6 is 0 Å². The van der Waals surface area contributed by atoms with Gasteiger partial charge in [-0.05, 0) is 37.1 Å². The first-order valence-electron chi connectivity index (χ1n) is 9.92. The van der Waals surface area contributed by atoms with Gasteiger partial charge in [0.15, 0.2) is 0 Å². The third kappa shape index (κ3) is 4.57. The van der Waals surface area contributed by atoms with Crippen molar-refractivity contribution in [3.63, 3.8) is 0 Å². The minimum atomic E-state index is -1.03. The first-order chi connectivity index (χ1) is 14.6.